The molecule has 0 amide bonds. The summed E-state index contributed by atoms with van der Waals surface area (Å²) in [5.41, 5.74) is -0.727. The van der Waals surface area contributed by atoms with E-state index < -0.39 is 54.1 Å². The quantitative estimate of drug-likeness (QED) is 0.244. The number of benzene rings is 3. The number of rotatable bonds is 8. The minimum absolute atomic E-state index is 0.616. The number of aromatic amines is 1. The molecule has 208 valence electrons. The number of hydrogen-bond acceptors (Lipinski definition) is 8. The molecule has 5 rings (SSSR count). The second-order valence-corrected chi connectivity index (χ2v) is 9.47. The Labute approximate surface area is 229 Å². The van der Waals surface area contributed by atoms with Gasteiger partial charge in [0.2, 0.25) is 0 Å². The van der Waals surface area contributed by atoms with Crippen LogP contribution in [-0.4, -0.2) is 63.0 Å². The lowest BCUT2D eigenvalue weighted by Crippen LogP contribution is -2.60. The van der Waals surface area contributed by atoms with Gasteiger partial charge in [0.1, 0.15) is 35.8 Å². The third-order valence-electron chi connectivity index (χ3n) is 7.14. The Morgan fingerprint density at radius 3 is 1.95 bits per heavy atom. The molecule has 1 saturated heterocycles. The van der Waals surface area contributed by atoms with E-state index in [0.717, 1.165) is 10.6 Å². The van der Waals surface area contributed by atoms with Crippen molar-refractivity contribution >= 4 is 0 Å². The van der Waals surface area contributed by atoms with Gasteiger partial charge in [-0.3, -0.25) is 14.3 Å². The first-order valence-electron chi connectivity index (χ1n) is 12.8. The van der Waals surface area contributed by atoms with Gasteiger partial charge < -0.3 is 29.5 Å². The van der Waals surface area contributed by atoms with Gasteiger partial charge in [-0.2, -0.15) is 0 Å². The lowest BCUT2D eigenvalue weighted by molar-refractivity contribution is -0.279. The number of ether oxygens (including phenoxy) is 3. The summed E-state index contributed by atoms with van der Waals surface area (Å²) >= 11 is 0. The maximum absolute atomic E-state index is 12.9. The Morgan fingerprint density at radius 2 is 1.43 bits per heavy atom. The Balaban J connectivity index is 1.75. The smallest absolute Gasteiger partial charge is 0.330 e. The SMILES string of the molecule is COc1ccc(C(O[C@@H]2[C@@H](O)[C@@H](O)[C@@H](CO)O[C@H]2n2ccc(=O)[nH]c2=O)(c2ccccc2)c2ccccc2)cc1. The average molecular weight is 547 g/mol. The summed E-state index contributed by atoms with van der Waals surface area (Å²) in [7, 11) is 1.56. The number of methoxy groups -OCH3 is 1. The maximum Gasteiger partial charge on any atom is 0.330 e. The molecule has 0 unspecified atom stereocenters. The van der Waals surface area contributed by atoms with Crippen LogP contribution in [0.5, 0.6) is 5.75 Å². The molecule has 10 heteroatoms. The van der Waals surface area contributed by atoms with Crippen molar-refractivity contribution in [2.24, 2.45) is 0 Å². The Morgan fingerprint density at radius 1 is 0.850 bits per heavy atom. The lowest BCUT2D eigenvalue weighted by Gasteiger charge is -2.47. The summed E-state index contributed by atoms with van der Waals surface area (Å²) < 4.78 is 19.3. The van der Waals surface area contributed by atoms with Crippen molar-refractivity contribution < 1.29 is 29.5 Å². The minimum atomic E-state index is -1.60. The highest BCUT2D eigenvalue weighted by molar-refractivity contribution is 5.48. The molecule has 1 aliphatic heterocycles. The van der Waals surface area contributed by atoms with Crippen LogP contribution in [0.1, 0.15) is 22.9 Å². The van der Waals surface area contributed by atoms with Crippen LogP contribution in [0.15, 0.2) is 107 Å². The molecule has 0 radical (unpaired) electrons. The molecule has 10 nitrogen and oxygen atoms in total. The minimum Gasteiger partial charge on any atom is -0.497 e. The van der Waals surface area contributed by atoms with Crippen LogP contribution >= 0.6 is 0 Å². The van der Waals surface area contributed by atoms with Gasteiger partial charge >= 0.3 is 5.69 Å². The zero-order chi connectivity index (χ0) is 28.3. The van der Waals surface area contributed by atoms with Crippen LogP contribution in [0.25, 0.3) is 0 Å². The molecule has 0 saturated carbocycles. The summed E-state index contributed by atoms with van der Waals surface area (Å²) in [4.78, 5) is 26.8. The average Bonchev–Trinajstić information content (AvgIpc) is 2.99. The van der Waals surface area contributed by atoms with Gasteiger partial charge in [0.25, 0.3) is 5.56 Å². The van der Waals surface area contributed by atoms with Crippen molar-refractivity contribution in [3.05, 3.63) is 135 Å². The van der Waals surface area contributed by atoms with E-state index in [0.29, 0.717) is 22.4 Å². The number of aromatic nitrogens is 2. The monoisotopic (exact) mass is 546 g/mol. The zero-order valence-electron chi connectivity index (χ0n) is 21.7. The molecule has 3 aromatic carbocycles. The van der Waals surface area contributed by atoms with Crippen molar-refractivity contribution in [3.8, 4) is 5.75 Å². The van der Waals surface area contributed by atoms with E-state index in [9.17, 15) is 24.9 Å². The first-order chi connectivity index (χ1) is 19.4. The second-order valence-electron chi connectivity index (χ2n) is 9.47. The number of H-pyrrole nitrogens is 1. The van der Waals surface area contributed by atoms with Crippen molar-refractivity contribution in [1.82, 2.24) is 9.55 Å². The number of hydrogen-bond donors (Lipinski definition) is 4. The molecule has 5 atom stereocenters. The Bertz CT molecular complexity index is 1480. The van der Waals surface area contributed by atoms with E-state index in [4.69, 9.17) is 14.2 Å². The van der Waals surface area contributed by atoms with Crippen molar-refractivity contribution in [2.45, 2.75) is 36.2 Å². The van der Waals surface area contributed by atoms with Gasteiger partial charge in [0, 0.05) is 12.3 Å². The molecule has 0 spiro atoms. The van der Waals surface area contributed by atoms with Gasteiger partial charge in [0.05, 0.1) is 13.7 Å². The molecular formula is C30H30N2O8. The summed E-state index contributed by atoms with van der Waals surface area (Å²) in [5.74, 6) is 0.624. The second kappa shape index (κ2) is 11.6. The third-order valence-corrected chi connectivity index (χ3v) is 7.14. The molecular weight excluding hydrogens is 516 g/mol. The van der Waals surface area contributed by atoms with Gasteiger partial charge in [0.15, 0.2) is 6.23 Å². The van der Waals surface area contributed by atoms with Crippen LogP contribution in [0.3, 0.4) is 0 Å². The summed E-state index contributed by atoms with van der Waals surface area (Å²) in [5, 5.41) is 32.2. The van der Waals surface area contributed by atoms with Crippen LogP contribution in [0, 0.1) is 0 Å². The lowest BCUT2D eigenvalue weighted by atomic mass is 9.79. The highest BCUT2D eigenvalue weighted by atomic mass is 16.6. The van der Waals surface area contributed by atoms with E-state index in [1.165, 1.54) is 6.20 Å². The van der Waals surface area contributed by atoms with Crippen LogP contribution < -0.4 is 16.0 Å². The molecule has 4 aromatic rings. The molecule has 1 fully saturated rings. The fourth-order valence-electron chi connectivity index (χ4n) is 5.13. The summed E-state index contributed by atoms with van der Waals surface area (Å²) in [6.07, 6.45) is -5.82. The van der Waals surface area contributed by atoms with Crippen molar-refractivity contribution in [2.75, 3.05) is 13.7 Å². The molecule has 4 N–H and O–H groups in total. The molecule has 40 heavy (non-hydrogen) atoms. The van der Waals surface area contributed by atoms with E-state index in [2.05, 4.69) is 4.98 Å². The molecule has 2 heterocycles. The van der Waals surface area contributed by atoms with Crippen LogP contribution in [0.4, 0.5) is 0 Å². The third kappa shape index (κ3) is 4.99. The normalized spacial score (nSPS) is 23.1. The number of aliphatic hydroxyl groups is 3. The number of nitrogens with zero attached hydrogens (tertiary/aromatic N) is 1. The largest absolute Gasteiger partial charge is 0.497 e. The van der Waals surface area contributed by atoms with Crippen molar-refractivity contribution in [3.63, 3.8) is 0 Å². The standard InChI is InChI=1S/C30H30N2O8/c1-38-22-14-12-21(13-15-22)30(19-8-4-2-5-9-19,20-10-6-3-7-11-20)40-27-26(36)25(35)23(18-33)39-28(27)32-17-16-24(34)31-29(32)37/h2-17,23,25-28,33,35-36H,18H2,1H3,(H,31,34,37)/t23-,25+,26+,27-,28-/m1/s1. The predicted molar refractivity (Wildman–Crippen MR) is 145 cm³/mol. The van der Waals surface area contributed by atoms with E-state index in [1.54, 1.807) is 19.2 Å². The fraction of sp³-hybridized carbons (Fsp3) is 0.267. The maximum atomic E-state index is 12.9. The van der Waals surface area contributed by atoms with E-state index in [1.807, 2.05) is 72.8 Å². The summed E-state index contributed by atoms with van der Waals surface area (Å²) in [6, 6.07) is 27.0. The van der Waals surface area contributed by atoms with Crippen LogP contribution in [-0.2, 0) is 15.1 Å². The zero-order valence-corrected chi connectivity index (χ0v) is 21.7. The predicted octanol–water partition coefficient (Wildman–Crippen LogP) is 1.53. The highest BCUT2D eigenvalue weighted by Crippen LogP contribution is 2.45. The Hall–Kier alpha value is -4.06. The van der Waals surface area contributed by atoms with Crippen molar-refractivity contribution in [1.29, 1.82) is 0 Å². The summed E-state index contributed by atoms with van der Waals surface area (Å²) in [6.45, 7) is -0.624. The highest BCUT2D eigenvalue weighted by Gasteiger charge is 2.51. The van der Waals surface area contributed by atoms with E-state index in [-0.39, 0.29) is 0 Å². The topological polar surface area (TPSA) is 143 Å². The number of aliphatic hydroxyl groups excluding tert-OH is 3. The molecule has 0 aliphatic carbocycles. The first kappa shape index (κ1) is 27.5. The van der Waals surface area contributed by atoms with Crippen LogP contribution in [0.2, 0.25) is 0 Å². The van der Waals surface area contributed by atoms with Gasteiger partial charge in [-0.05, 0) is 28.8 Å². The molecule has 0 bridgehead atoms. The number of nitrogens with one attached hydrogen (secondary N) is 1. The molecule has 1 aromatic heterocycles. The Kier molecular flexibility index (Phi) is 7.97. The van der Waals surface area contributed by atoms with Gasteiger partial charge in [-0.25, -0.2) is 4.79 Å². The van der Waals surface area contributed by atoms with Gasteiger partial charge in [-0.1, -0.05) is 72.8 Å². The molecule has 1 aliphatic rings. The first-order valence-corrected chi connectivity index (χ1v) is 12.8. The van der Waals surface area contributed by atoms with E-state index >= 15 is 0 Å². The van der Waals surface area contributed by atoms with Gasteiger partial charge in [-0.15, -0.1) is 0 Å². The fourth-order valence-corrected chi connectivity index (χ4v) is 5.13.